The summed E-state index contributed by atoms with van der Waals surface area (Å²) in [5.74, 6) is 0.172. The van der Waals surface area contributed by atoms with Gasteiger partial charge in [-0.1, -0.05) is 0 Å². The smallest absolute Gasteiger partial charge is 0.223 e. The molecule has 4 nitrogen and oxygen atoms in total. The van der Waals surface area contributed by atoms with Crippen LogP contribution in [0, 0.1) is 0 Å². The van der Waals surface area contributed by atoms with Crippen molar-refractivity contribution >= 4 is 5.91 Å². The summed E-state index contributed by atoms with van der Waals surface area (Å²) in [6, 6.07) is 0.0366. The molecule has 0 aromatic carbocycles. The highest BCUT2D eigenvalue weighted by Gasteiger charge is 2.11. The summed E-state index contributed by atoms with van der Waals surface area (Å²) in [4.78, 5) is 13.4. The minimum absolute atomic E-state index is 0.0366. The van der Waals surface area contributed by atoms with E-state index in [4.69, 9.17) is 0 Å². The fraction of sp³-hybridized carbons (Fsp3) is 0.909. The molecule has 15 heavy (non-hydrogen) atoms. The fourth-order valence-electron chi connectivity index (χ4n) is 1.31. The molecule has 2 N–H and O–H groups in total. The van der Waals surface area contributed by atoms with Gasteiger partial charge in [-0.2, -0.15) is 0 Å². The molecule has 0 spiro atoms. The largest absolute Gasteiger partial charge is 0.392 e. The zero-order chi connectivity index (χ0) is 11.8. The maximum atomic E-state index is 11.6. The molecular weight excluding hydrogens is 192 g/mol. The van der Waals surface area contributed by atoms with Gasteiger partial charge in [0.2, 0.25) is 5.91 Å². The molecule has 1 amide bonds. The molecule has 0 rings (SSSR count). The number of nitrogens with one attached hydrogen (secondary N) is 1. The molecule has 0 radical (unpaired) electrons. The predicted octanol–water partition coefficient (Wildman–Crippen LogP) is 0.604. The van der Waals surface area contributed by atoms with E-state index in [1.807, 2.05) is 25.7 Å². The Morgan fingerprint density at radius 2 is 1.87 bits per heavy atom. The average molecular weight is 216 g/mol. The summed E-state index contributed by atoms with van der Waals surface area (Å²) in [6.07, 6.45) is 0.118. The van der Waals surface area contributed by atoms with Gasteiger partial charge in [-0.05, 0) is 27.7 Å². The van der Waals surface area contributed by atoms with Gasteiger partial charge in [0.15, 0.2) is 0 Å². The third-order valence-electron chi connectivity index (χ3n) is 2.64. The lowest BCUT2D eigenvalue weighted by molar-refractivity contribution is -0.130. The number of carbonyl (C=O) groups excluding carboxylic acids is 1. The molecular formula is C11H24N2O2. The monoisotopic (exact) mass is 216 g/mol. The van der Waals surface area contributed by atoms with Crippen LogP contribution in [0.15, 0.2) is 0 Å². The lowest BCUT2D eigenvalue weighted by Crippen LogP contribution is -2.39. The average Bonchev–Trinajstić information content (AvgIpc) is 2.19. The lowest BCUT2D eigenvalue weighted by atomic mass is 10.2. The molecule has 0 bridgehead atoms. The second kappa shape index (κ2) is 7.65. The van der Waals surface area contributed by atoms with Gasteiger partial charge in [0.05, 0.1) is 6.10 Å². The molecule has 4 heteroatoms. The third-order valence-corrected chi connectivity index (χ3v) is 2.64. The summed E-state index contributed by atoms with van der Waals surface area (Å²) >= 11 is 0. The second-order valence-electron chi connectivity index (χ2n) is 3.80. The molecule has 0 fully saturated rings. The van der Waals surface area contributed by atoms with Gasteiger partial charge in [0, 0.05) is 32.1 Å². The van der Waals surface area contributed by atoms with E-state index < -0.39 is 0 Å². The van der Waals surface area contributed by atoms with E-state index in [1.54, 1.807) is 6.92 Å². The normalized spacial score (nSPS) is 14.7. The lowest BCUT2D eigenvalue weighted by Gasteiger charge is -2.20. The van der Waals surface area contributed by atoms with Gasteiger partial charge in [-0.25, -0.2) is 0 Å². The van der Waals surface area contributed by atoms with Crippen molar-refractivity contribution in [3.05, 3.63) is 0 Å². The topological polar surface area (TPSA) is 52.6 Å². The van der Waals surface area contributed by atoms with Crippen molar-refractivity contribution in [3.63, 3.8) is 0 Å². The Morgan fingerprint density at radius 1 is 1.33 bits per heavy atom. The molecule has 0 saturated heterocycles. The number of hydrogen-bond acceptors (Lipinski definition) is 3. The highest BCUT2D eigenvalue weighted by Crippen LogP contribution is 1.95. The minimum atomic E-state index is -0.381. The number of aliphatic hydroxyl groups is 1. The second-order valence-corrected chi connectivity index (χ2v) is 3.80. The Bertz CT molecular complexity index is 179. The molecule has 90 valence electrons. The maximum absolute atomic E-state index is 11.6. The van der Waals surface area contributed by atoms with Crippen LogP contribution in [0.1, 0.15) is 34.1 Å². The zero-order valence-corrected chi connectivity index (χ0v) is 10.3. The Labute approximate surface area is 92.7 Å². The van der Waals surface area contributed by atoms with Crippen LogP contribution in [-0.2, 0) is 4.79 Å². The van der Waals surface area contributed by atoms with Gasteiger partial charge in [-0.15, -0.1) is 0 Å². The Hall–Kier alpha value is -0.610. The van der Waals surface area contributed by atoms with Crippen molar-refractivity contribution in [2.45, 2.75) is 46.3 Å². The summed E-state index contributed by atoms with van der Waals surface area (Å²) in [5, 5.41) is 12.3. The standard InChI is InChI=1S/C11H24N2O2/c1-5-13(6-2)11(15)7-8-12-9(3)10(4)14/h9-10,12,14H,5-8H2,1-4H3. The highest BCUT2D eigenvalue weighted by atomic mass is 16.3. The molecule has 0 aliphatic carbocycles. The molecule has 0 aromatic rings. The Morgan fingerprint density at radius 3 is 2.27 bits per heavy atom. The number of amides is 1. The van der Waals surface area contributed by atoms with Crippen LogP contribution < -0.4 is 5.32 Å². The predicted molar refractivity (Wildman–Crippen MR) is 61.7 cm³/mol. The fourth-order valence-corrected chi connectivity index (χ4v) is 1.31. The summed E-state index contributed by atoms with van der Waals surface area (Å²) in [5.41, 5.74) is 0. The summed E-state index contributed by atoms with van der Waals surface area (Å²) in [6.45, 7) is 9.76. The first-order chi connectivity index (χ1) is 7.02. The van der Waals surface area contributed by atoms with Crippen LogP contribution in [0.25, 0.3) is 0 Å². The number of nitrogens with zero attached hydrogens (tertiary/aromatic N) is 1. The van der Waals surface area contributed by atoms with Gasteiger partial charge in [0.25, 0.3) is 0 Å². The molecule has 0 aliphatic rings. The van der Waals surface area contributed by atoms with Crippen LogP contribution >= 0.6 is 0 Å². The number of rotatable bonds is 7. The van der Waals surface area contributed by atoms with Crippen molar-refractivity contribution in [1.82, 2.24) is 10.2 Å². The van der Waals surface area contributed by atoms with Crippen LogP contribution in [0.3, 0.4) is 0 Å². The molecule has 0 saturated carbocycles. The quantitative estimate of drug-likeness (QED) is 0.655. The summed E-state index contributed by atoms with van der Waals surface area (Å²) in [7, 11) is 0. The van der Waals surface area contributed by atoms with Crippen LogP contribution in [0.5, 0.6) is 0 Å². The molecule has 0 aromatic heterocycles. The van der Waals surface area contributed by atoms with Crippen molar-refractivity contribution in [2.75, 3.05) is 19.6 Å². The maximum Gasteiger partial charge on any atom is 0.223 e. The SMILES string of the molecule is CCN(CC)C(=O)CCNC(C)C(C)O. The first kappa shape index (κ1) is 14.4. The first-order valence-corrected chi connectivity index (χ1v) is 5.72. The highest BCUT2D eigenvalue weighted by molar-refractivity contribution is 5.76. The third kappa shape index (κ3) is 5.74. The van der Waals surface area contributed by atoms with E-state index in [1.165, 1.54) is 0 Å². The molecule has 2 atom stereocenters. The van der Waals surface area contributed by atoms with Crippen LogP contribution in [0.2, 0.25) is 0 Å². The number of aliphatic hydroxyl groups excluding tert-OH is 1. The van der Waals surface area contributed by atoms with Crippen LogP contribution in [-0.4, -0.2) is 47.7 Å². The van der Waals surface area contributed by atoms with Gasteiger partial charge in [-0.3, -0.25) is 4.79 Å². The van der Waals surface area contributed by atoms with E-state index in [2.05, 4.69) is 5.32 Å². The van der Waals surface area contributed by atoms with E-state index in [-0.39, 0.29) is 18.1 Å². The minimum Gasteiger partial charge on any atom is -0.392 e. The van der Waals surface area contributed by atoms with E-state index in [9.17, 15) is 9.90 Å². The van der Waals surface area contributed by atoms with Gasteiger partial charge in [0.1, 0.15) is 0 Å². The zero-order valence-electron chi connectivity index (χ0n) is 10.3. The molecule has 0 heterocycles. The number of hydrogen-bond donors (Lipinski definition) is 2. The van der Waals surface area contributed by atoms with Gasteiger partial charge >= 0.3 is 0 Å². The van der Waals surface area contributed by atoms with Crippen LogP contribution in [0.4, 0.5) is 0 Å². The van der Waals surface area contributed by atoms with E-state index in [0.717, 1.165) is 13.1 Å². The summed E-state index contributed by atoms with van der Waals surface area (Å²) < 4.78 is 0. The number of carbonyl (C=O) groups is 1. The Balaban J connectivity index is 3.71. The van der Waals surface area contributed by atoms with Crippen molar-refractivity contribution in [1.29, 1.82) is 0 Å². The van der Waals surface area contributed by atoms with Crippen molar-refractivity contribution in [3.8, 4) is 0 Å². The molecule has 2 unspecified atom stereocenters. The first-order valence-electron chi connectivity index (χ1n) is 5.72. The molecule has 0 aliphatic heterocycles. The van der Waals surface area contributed by atoms with Crippen molar-refractivity contribution < 1.29 is 9.90 Å². The van der Waals surface area contributed by atoms with Crippen molar-refractivity contribution in [2.24, 2.45) is 0 Å². The Kier molecular flexibility index (Phi) is 7.34. The van der Waals surface area contributed by atoms with E-state index >= 15 is 0 Å². The van der Waals surface area contributed by atoms with Gasteiger partial charge < -0.3 is 15.3 Å². The van der Waals surface area contributed by atoms with E-state index in [0.29, 0.717) is 13.0 Å².